The maximum absolute atomic E-state index is 4.11. The monoisotopic (exact) mass is 322 g/mol. The molecule has 4 aromatic rings. The van der Waals surface area contributed by atoms with Crippen LogP contribution in [0.3, 0.4) is 0 Å². The summed E-state index contributed by atoms with van der Waals surface area (Å²) in [6.45, 7) is 0. The Hall–Kier alpha value is -2.13. The van der Waals surface area contributed by atoms with E-state index in [1.54, 1.807) is 0 Å². The van der Waals surface area contributed by atoms with Crippen molar-refractivity contribution in [3.63, 3.8) is 0 Å². The van der Waals surface area contributed by atoms with Crippen LogP contribution < -0.4 is 0 Å². The van der Waals surface area contributed by atoms with Crippen molar-refractivity contribution in [1.82, 2.24) is 9.55 Å². The minimum atomic E-state index is 1.10. The predicted octanol–water partition coefficient (Wildman–Crippen LogP) is 4.94. The van der Waals surface area contributed by atoms with E-state index in [0.717, 1.165) is 10.2 Å². The van der Waals surface area contributed by atoms with Crippen molar-refractivity contribution in [2.45, 2.75) is 0 Å². The molecule has 2 aromatic heterocycles. The van der Waals surface area contributed by atoms with Gasteiger partial charge in [-0.1, -0.05) is 34.1 Å². The molecule has 2 heterocycles. The van der Waals surface area contributed by atoms with E-state index in [4.69, 9.17) is 0 Å². The van der Waals surface area contributed by atoms with Gasteiger partial charge in [0.05, 0.1) is 11.0 Å². The normalized spacial score (nSPS) is 11.2. The molecule has 0 bridgehead atoms. The Balaban J connectivity index is 2.22. The summed E-state index contributed by atoms with van der Waals surface area (Å²) in [5.74, 6) is 0. The third-order valence-electron chi connectivity index (χ3n) is 3.56. The van der Waals surface area contributed by atoms with Gasteiger partial charge in [-0.2, -0.15) is 0 Å². The van der Waals surface area contributed by atoms with E-state index in [1.165, 1.54) is 21.8 Å². The van der Waals surface area contributed by atoms with E-state index in [0.29, 0.717) is 0 Å². The maximum Gasteiger partial charge on any atom is 0.0541 e. The van der Waals surface area contributed by atoms with Gasteiger partial charge in [0, 0.05) is 33.3 Å². The topological polar surface area (TPSA) is 17.8 Å². The van der Waals surface area contributed by atoms with Crippen molar-refractivity contribution in [2.24, 2.45) is 0 Å². The lowest BCUT2D eigenvalue weighted by molar-refractivity contribution is 1.15. The molecule has 96 valence electrons. The van der Waals surface area contributed by atoms with Crippen molar-refractivity contribution in [3.05, 3.63) is 71.5 Å². The Kier molecular flexibility index (Phi) is 2.60. The van der Waals surface area contributed by atoms with Crippen LogP contribution in [-0.4, -0.2) is 9.55 Å². The number of para-hydroxylation sites is 1. The summed E-state index contributed by atoms with van der Waals surface area (Å²) in [4.78, 5) is 4.11. The molecule has 0 fully saturated rings. The lowest BCUT2D eigenvalue weighted by Crippen LogP contribution is -1.93. The smallest absolute Gasteiger partial charge is 0.0541 e. The van der Waals surface area contributed by atoms with Crippen LogP contribution in [0, 0.1) is 0 Å². The molecule has 2 nitrogen and oxygen atoms in total. The van der Waals surface area contributed by atoms with Gasteiger partial charge in [-0.15, -0.1) is 0 Å². The van der Waals surface area contributed by atoms with E-state index < -0.39 is 0 Å². The number of aromatic nitrogens is 2. The summed E-state index contributed by atoms with van der Waals surface area (Å²) < 4.78 is 3.38. The molecule has 20 heavy (non-hydrogen) atoms. The first kappa shape index (κ1) is 11.7. The number of pyridine rings is 1. The average molecular weight is 323 g/mol. The average Bonchev–Trinajstić information content (AvgIpc) is 2.82. The molecule has 0 N–H and O–H groups in total. The molecule has 2 aromatic carbocycles. The van der Waals surface area contributed by atoms with E-state index in [-0.39, 0.29) is 0 Å². The maximum atomic E-state index is 4.11. The van der Waals surface area contributed by atoms with Crippen LogP contribution in [0.15, 0.2) is 71.5 Å². The Morgan fingerprint density at radius 1 is 0.800 bits per heavy atom. The van der Waals surface area contributed by atoms with Gasteiger partial charge >= 0.3 is 0 Å². The van der Waals surface area contributed by atoms with Crippen molar-refractivity contribution in [3.8, 4) is 5.69 Å². The second-order valence-corrected chi connectivity index (χ2v) is 5.64. The van der Waals surface area contributed by atoms with Gasteiger partial charge in [0.2, 0.25) is 0 Å². The summed E-state index contributed by atoms with van der Waals surface area (Å²) in [6.07, 6.45) is 3.66. The Morgan fingerprint density at radius 2 is 1.55 bits per heavy atom. The quantitative estimate of drug-likeness (QED) is 0.485. The summed E-state index contributed by atoms with van der Waals surface area (Å²) in [5.41, 5.74) is 3.56. The highest BCUT2D eigenvalue weighted by Crippen LogP contribution is 2.33. The largest absolute Gasteiger partial charge is 0.309 e. The van der Waals surface area contributed by atoms with Gasteiger partial charge < -0.3 is 4.57 Å². The minimum Gasteiger partial charge on any atom is -0.309 e. The Labute approximate surface area is 124 Å². The molecular formula is C17H11BrN2. The van der Waals surface area contributed by atoms with E-state index in [1.807, 2.05) is 24.5 Å². The fraction of sp³-hybridized carbons (Fsp3) is 0. The SMILES string of the molecule is Brc1ccc2c(c1)c1ccccc1n2-c1ccncc1. The van der Waals surface area contributed by atoms with Crippen molar-refractivity contribution in [1.29, 1.82) is 0 Å². The second kappa shape index (κ2) is 4.46. The molecule has 0 saturated heterocycles. The fourth-order valence-electron chi connectivity index (χ4n) is 2.72. The van der Waals surface area contributed by atoms with Crippen LogP contribution in [0.4, 0.5) is 0 Å². The molecule has 3 heteroatoms. The number of hydrogen-bond donors (Lipinski definition) is 0. The summed E-state index contributed by atoms with van der Waals surface area (Å²) >= 11 is 3.56. The van der Waals surface area contributed by atoms with Gasteiger partial charge in [-0.25, -0.2) is 0 Å². The number of rotatable bonds is 1. The molecule has 0 aliphatic rings. The second-order valence-electron chi connectivity index (χ2n) is 4.72. The van der Waals surface area contributed by atoms with Gasteiger partial charge in [0.25, 0.3) is 0 Å². The van der Waals surface area contributed by atoms with Crippen LogP contribution in [0.1, 0.15) is 0 Å². The van der Waals surface area contributed by atoms with Crippen LogP contribution in [0.5, 0.6) is 0 Å². The van der Waals surface area contributed by atoms with Crippen LogP contribution >= 0.6 is 15.9 Å². The third kappa shape index (κ3) is 1.67. The zero-order valence-corrected chi connectivity index (χ0v) is 12.2. The minimum absolute atomic E-state index is 1.10. The molecular weight excluding hydrogens is 312 g/mol. The molecule has 0 saturated carbocycles. The van der Waals surface area contributed by atoms with Crippen molar-refractivity contribution < 1.29 is 0 Å². The highest BCUT2D eigenvalue weighted by molar-refractivity contribution is 9.10. The number of nitrogens with zero attached hydrogens (tertiary/aromatic N) is 2. The number of hydrogen-bond acceptors (Lipinski definition) is 1. The van der Waals surface area contributed by atoms with E-state index in [9.17, 15) is 0 Å². The molecule has 0 aliphatic heterocycles. The Morgan fingerprint density at radius 3 is 2.40 bits per heavy atom. The molecule has 0 radical (unpaired) electrons. The lowest BCUT2D eigenvalue weighted by Gasteiger charge is -2.06. The van der Waals surface area contributed by atoms with Gasteiger partial charge in [-0.3, -0.25) is 4.98 Å². The molecule has 0 spiro atoms. The first-order chi connectivity index (χ1) is 9.84. The van der Waals surface area contributed by atoms with Crippen molar-refractivity contribution >= 4 is 37.7 Å². The lowest BCUT2D eigenvalue weighted by atomic mass is 10.2. The summed E-state index contributed by atoms with van der Waals surface area (Å²) in [6, 6.07) is 19.0. The highest BCUT2D eigenvalue weighted by Gasteiger charge is 2.11. The first-order valence-corrected chi connectivity index (χ1v) is 7.23. The Bertz CT molecular complexity index is 910. The molecule has 0 aliphatic carbocycles. The zero-order chi connectivity index (χ0) is 13.5. The molecule has 4 rings (SSSR count). The number of halogens is 1. The van der Waals surface area contributed by atoms with Gasteiger partial charge in [0.1, 0.15) is 0 Å². The fourth-order valence-corrected chi connectivity index (χ4v) is 3.08. The molecule has 0 unspecified atom stereocenters. The van der Waals surface area contributed by atoms with Crippen LogP contribution in [0.2, 0.25) is 0 Å². The van der Waals surface area contributed by atoms with Gasteiger partial charge in [0.15, 0.2) is 0 Å². The number of benzene rings is 2. The third-order valence-corrected chi connectivity index (χ3v) is 4.05. The molecule has 0 amide bonds. The first-order valence-electron chi connectivity index (χ1n) is 6.44. The zero-order valence-electron chi connectivity index (χ0n) is 10.6. The molecule has 0 atom stereocenters. The van der Waals surface area contributed by atoms with E-state index in [2.05, 4.69) is 67.9 Å². The summed E-state index contributed by atoms with van der Waals surface area (Å²) in [5, 5.41) is 2.52. The van der Waals surface area contributed by atoms with Crippen LogP contribution in [0.25, 0.3) is 27.5 Å². The highest BCUT2D eigenvalue weighted by atomic mass is 79.9. The summed E-state index contributed by atoms with van der Waals surface area (Å²) in [7, 11) is 0. The van der Waals surface area contributed by atoms with Gasteiger partial charge in [-0.05, 0) is 36.4 Å². The van der Waals surface area contributed by atoms with E-state index >= 15 is 0 Å². The standard InChI is InChI=1S/C17H11BrN2/c18-12-5-6-17-15(11-12)14-3-1-2-4-16(14)20(17)13-7-9-19-10-8-13/h1-11H. The predicted molar refractivity (Wildman–Crippen MR) is 86.3 cm³/mol. The number of fused-ring (bicyclic) bond motifs is 3. The van der Waals surface area contributed by atoms with Crippen molar-refractivity contribution in [2.75, 3.05) is 0 Å². The van der Waals surface area contributed by atoms with Crippen LogP contribution in [-0.2, 0) is 0 Å².